The lowest BCUT2D eigenvalue weighted by atomic mass is 10.1. The molecule has 0 aliphatic heterocycles. The van der Waals surface area contributed by atoms with Crippen molar-refractivity contribution in [2.75, 3.05) is 5.73 Å². The van der Waals surface area contributed by atoms with Gasteiger partial charge in [0.2, 0.25) is 0 Å². The highest BCUT2D eigenvalue weighted by Gasteiger charge is 2.06. The van der Waals surface area contributed by atoms with Gasteiger partial charge in [-0.15, -0.1) is 0 Å². The molecule has 0 spiro atoms. The maximum absolute atomic E-state index is 6.09. The minimum Gasteiger partial charge on any atom is -0.396 e. The first-order valence-corrected chi connectivity index (χ1v) is 4.93. The first-order valence-electron chi connectivity index (χ1n) is 4.55. The van der Waals surface area contributed by atoms with Crippen molar-refractivity contribution in [3.05, 3.63) is 35.0 Å². The zero-order valence-electron chi connectivity index (χ0n) is 7.92. The molecular weight excluding hydrogens is 196 g/mol. The molecule has 0 atom stereocenters. The number of aryl methyl sites for hydroxylation is 1. The molecule has 0 saturated carbocycles. The Balaban J connectivity index is 2.86. The van der Waals surface area contributed by atoms with E-state index in [1.807, 2.05) is 12.1 Å². The minimum atomic E-state index is 0.535. The third-order valence-corrected chi connectivity index (χ3v) is 2.74. The lowest BCUT2D eigenvalue weighted by Gasteiger charge is -2.06. The van der Waals surface area contributed by atoms with Crippen LogP contribution in [0.4, 0.5) is 5.69 Å². The SMILES string of the molecule is CCc1cccc2c(Cl)c(N)cnc12. The second kappa shape index (κ2) is 3.46. The van der Waals surface area contributed by atoms with Crippen molar-refractivity contribution in [3.8, 4) is 0 Å². The number of aromatic nitrogens is 1. The van der Waals surface area contributed by atoms with E-state index in [1.54, 1.807) is 6.20 Å². The number of rotatable bonds is 1. The van der Waals surface area contributed by atoms with E-state index in [0.29, 0.717) is 10.7 Å². The fraction of sp³-hybridized carbons (Fsp3) is 0.182. The molecule has 0 fully saturated rings. The first kappa shape index (κ1) is 9.28. The number of para-hydroxylation sites is 1. The van der Waals surface area contributed by atoms with E-state index in [9.17, 15) is 0 Å². The number of hydrogen-bond acceptors (Lipinski definition) is 2. The minimum absolute atomic E-state index is 0.535. The van der Waals surface area contributed by atoms with Gasteiger partial charge in [-0.1, -0.05) is 36.7 Å². The molecule has 2 N–H and O–H groups in total. The molecular formula is C11H11ClN2. The standard InChI is InChI=1S/C11H11ClN2/c1-2-7-4-3-5-8-10(12)9(13)6-14-11(7)8/h3-6H,2,13H2,1H3. The van der Waals surface area contributed by atoms with Crippen LogP contribution in [0.3, 0.4) is 0 Å². The van der Waals surface area contributed by atoms with Crippen LogP contribution < -0.4 is 5.73 Å². The number of anilines is 1. The molecule has 0 unspecified atom stereocenters. The fourth-order valence-corrected chi connectivity index (χ4v) is 1.75. The summed E-state index contributed by atoms with van der Waals surface area (Å²) in [5.41, 5.74) is 8.37. The summed E-state index contributed by atoms with van der Waals surface area (Å²) in [6.45, 7) is 2.10. The highest BCUT2D eigenvalue weighted by Crippen LogP contribution is 2.28. The zero-order chi connectivity index (χ0) is 10.1. The zero-order valence-corrected chi connectivity index (χ0v) is 8.67. The van der Waals surface area contributed by atoms with Crippen LogP contribution in [-0.4, -0.2) is 4.98 Å². The summed E-state index contributed by atoms with van der Waals surface area (Å²) in [5.74, 6) is 0. The van der Waals surface area contributed by atoms with Crippen LogP contribution in [-0.2, 0) is 6.42 Å². The van der Waals surface area contributed by atoms with Gasteiger partial charge in [-0.05, 0) is 12.0 Å². The van der Waals surface area contributed by atoms with Crippen LogP contribution >= 0.6 is 11.6 Å². The average molecular weight is 207 g/mol. The third-order valence-electron chi connectivity index (χ3n) is 2.32. The van der Waals surface area contributed by atoms with Crippen molar-refractivity contribution in [3.63, 3.8) is 0 Å². The third kappa shape index (κ3) is 1.32. The van der Waals surface area contributed by atoms with Gasteiger partial charge in [0, 0.05) is 5.39 Å². The van der Waals surface area contributed by atoms with Crippen LogP contribution in [0, 0.1) is 0 Å². The van der Waals surface area contributed by atoms with Gasteiger partial charge in [0.1, 0.15) is 0 Å². The summed E-state index contributed by atoms with van der Waals surface area (Å²) in [7, 11) is 0. The van der Waals surface area contributed by atoms with Gasteiger partial charge in [0.25, 0.3) is 0 Å². The van der Waals surface area contributed by atoms with E-state index in [0.717, 1.165) is 17.3 Å². The Kier molecular flexibility index (Phi) is 2.30. The topological polar surface area (TPSA) is 38.9 Å². The number of pyridine rings is 1. The van der Waals surface area contributed by atoms with Gasteiger partial charge in [-0.2, -0.15) is 0 Å². The molecule has 1 aromatic carbocycles. The number of nitrogens with two attached hydrogens (primary N) is 1. The largest absolute Gasteiger partial charge is 0.396 e. The Morgan fingerprint density at radius 3 is 2.93 bits per heavy atom. The van der Waals surface area contributed by atoms with E-state index in [4.69, 9.17) is 17.3 Å². The normalized spacial score (nSPS) is 10.7. The molecule has 0 bridgehead atoms. The van der Waals surface area contributed by atoms with Crippen molar-refractivity contribution in [2.24, 2.45) is 0 Å². The first-order chi connectivity index (χ1) is 6.74. The highest BCUT2D eigenvalue weighted by molar-refractivity contribution is 6.37. The Bertz CT molecular complexity index is 480. The lowest BCUT2D eigenvalue weighted by Crippen LogP contribution is -1.92. The van der Waals surface area contributed by atoms with Gasteiger partial charge >= 0.3 is 0 Å². The van der Waals surface area contributed by atoms with Crippen molar-refractivity contribution >= 4 is 28.2 Å². The maximum Gasteiger partial charge on any atom is 0.0750 e. The molecule has 1 aromatic heterocycles. The molecule has 0 saturated heterocycles. The Hall–Kier alpha value is -1.28. The number of halogens is 1. The van der Waals surface area contributed by atoms with Crippen LogP contribution in [0.25, 0.3) is 10.9 Å². The van der Waals surface area contributed by atoms with E-state index >= 15 is 0 Å². The molecule has 0 amide bonds. The summed E-state index contributed by atoms with van der Waals surface area (Å²) in [6, 6.07) is 5.98. The van der Waals surface area contributed by atoms with Gasteiger partial charge in [-0.25, -0.2) is 0 Å². The van der Waals surface area contributed by atoms with E-state index in [1.165, 1.54) is 5.56 Å². The molecule has 0 aliphatic carbocycles. The van der Waals surface area contributed by atoms with Crippen LogP contribution in [0.15, 0.2) is 24.4 Å². The van der Waals surface area contributed by atoms with Gasteiger partial charge < -0.3 is 5.73 Å². The number of fused-ring (bicyclic) bond motifs is 1. The Morgan fingerprint density at radius 2 is 2.21 bits per heavy atom. The highest BCUT2D eigenvalue weighted by atomic mass is 35.5. The van der Waals surface area contributed by atoms with E-state index in [2.05, 4.69) is 18.0 Å². The number of nitrogen functional groups attached to an aromatic ring is 1. The molecule has 1 heterocycles. The summed E-state index contributed by atoms with van der Waals surface area (Å²) in [6.07, 6.45) is 2.56. The van der Waals surface area contributed by atoms with Gasteiger partial charge in [0.05, 0.1) is 22.4 Å². The number of nitrogens with zero attached hydrogens (tertiary/aromatic N) is 1. The molecule has 14 heavy (non-hydrogen) atoms. The molecule has 2 aromatic rings. The van der Waals surface area contributed by atoms with Crippen molar-refractivity contribution < 1.29 is 0 Å². The summed E-state index contributed by atoms with van der Waals surface area (Å²) in [4.78, 5) is 4.30. The molecule has 0 radical (unpaired) electrons. The Morgan fingerprint density at radius 1 is 1.43 bits per heavy atom. The van der Waals surface area contributed by atoms with Gasteiger partial charge in [0.15, 0.2) is 0 Å². The van der Waals surface area contributed by atoms with Crippen molar-refractivity contribution in [1.29, 1.82) is 0 Å². The predicted octanol–water partition coefficient (Wildman–Crippen LogP) is 3.03. The smallest absolute Gasteiger partial charge is 0.0750 e. The fourth-order valence-electron chi connectivity index (χ4n) is 1.55. The van der Waals surface area contributed by atoms with E-state index in [-0.39, 0.29) is 0 Å². The number of hydrogen-bond donors (Lipinski definition) is 1. The summed E-state index contributed by atoms with van der Waals surface area (Å²) < 4.78 is 0. The second-order valence-electron chi connectivity index (χ2n) is 3.19. The van der Waals surface area contributed by atoms with Crippen molar-refractivity contribution in [1.82, 2.24) is 4.98 Å². The summed E-state index contributed by atoms with van der Waals surface area (Å²) >= 11 is 6.09. The molecule has 72 valence electrons. The molecule has 2 rings (SSSR count). The quantitative estimate of drug-likeness (QED) is 0.779. The van der Waals surface area contributed by atoms with Crippen molar-refractivity contribution in [2.45, 2.75) is 13.3 Å². The monoisotopic (exact) mass is 206 g/mol. The van der Waals surface area contributed by atoms with E-state index < -0.39 is 0 Å². The van der Waals surface area contributed by atoms with Crippen LogP contribution in [0.2, 0.25) is 5.02 Å². The predicted molar refractivity (Wildman–Crippen MR) is 60.5 cm³/mol. The molecule has 2 nitrogen and oxygen atoms in total. The molecule has 0 aliphatic rings. The molecule has 3 heteroatoms. The average Bonchev–Trinajstić information content (AvgIpc) is 2.23. The van der Waals surface area contributed by atoms with Crippen LogP contribution in [0.5, 0.6) is 0 Å². The number of benzene rings is 1. The van der Waals surface area contributed by atoms with Gasteiger partial charge in [-0.3, -0.25) is 4.98 Å². The Labute approximate surface area is 87.7 Å². The second-order valence-corrected chi connectivity index (χ2v) is 3.57. The lowest BCUT2D eigenvalue weighted by molar-refractivity contribution is 1.14. The van der Waals surface area contributed by atoms with Crippen LogP contribution in [0.1, 0.15) is 12.5 Å². The maximum atomic E-state index is 6.09. The summed E-state index contributed by atoms with van der Waals surface area (Å²) in [5, 5.41) is 1.54.